The lowest BCUT2D eigenvalue weighted by atomic mass is 10.0. The molecule has 0 bridgehead atoms. The Kier molecular flexibility index (Phi) is 6.29. The van der Waals surface area contributed by atoms with Gasteiger partial charge in [0.25, 0.3) is 0 Å². The number of fused-ring (bicyclic) bond motifs is 2. The molecule has 0 saturated carbocycles. The number of aliphatic hydroxyl groups is 1. The van der Waals surface area contributed by atoms with Crippen molar-refractivity contribution in [1.29, 1.82) is 0 Å². The van der Waals surface area contributed by atoms with Crippen molar-refractivity contribution in [2.75, 3.05) is 25.6 Å². The Labute approximate surface area is 218 Å². The van der Waals surface area contributed by atoms with E-state index in [4.69, 9.17) is 19.4 Å². The average Bonchev–Trinajstić information content (AvgIpc) is 3.44. The Morgan fingerprint density at radius 2 is 1.68 bits per heavy atom. The van der Waals surface area contributed by atoms with Gasteiger partial charge in [0.15, 0.2) is 17.3 Å². The van der Waals surface area contributed by atoms with Crippen molar-refractivity contribution in [3.8, 4) is 34.0 Å². The maximum absolute atomic E-state index is 9.28. The number of rotatable bonds is 8. The number of benzene rings is 4. The average molecular weight is 504 g/mol. The zero-order valence-electron chi connectivity index (χ0n) is 20.7. The van der Waals surface area contributed by atoms with Crippen molar-refractivity contribution in [3.63, 3.8) is 0 Å². The summed E-state index contributed by atoms with van der Waals surface area (Å²) >= 11 is 0. The van der Waals surface area contributed by atoms with Gasteiger partial charge in [-0.2, -0.15) is 5.10 Å². The number of methoxy groups -OCH3 is 1. The Balaban J connectivity index is 1.50. The lowest BCUT2D eigenvalue weighted by molar-refractivity contribution is 0.196. The van der Waals surface area contributed by atoms with Crippen molar-refractivity contribution in [1.82, 2.24) is 20.2 Å². The van der Waals surface area contributed by atoms with Crippen molar-refractivity contribution in [2.45, 2.75) is 0 Å². The third-order valence-electron chi connectivity index (χ3n) is 6.26. The second-order valence-corrected chi connectivity index (χ2v) is 8.73. The van der Waals surface area contributed by atoms with Gasteiger partial charge in [-0.25, -0.2) is 9.97 Å². The molecule has 0 fully saturated rings. The molecule has 6 rings (SSSR count). The fraction of sp³-hybridized carbons (Fsp3) is 0.100. The van der Waals surface area contributed by atoms with E-state index in [9.17, 15) is 5.11 Å². The van der Waals surface area contributed by atoms with E-state index >= 15 is 0 Å². The number of anilines is 2. The van der Waals surface area contributed by atoms with Crippen LogP contribution >= 0.6 is 0 Å². The number of hydrogen-bond acceptors (Lipinski definition) is 7. The molecule has 8 heteroatoms. The van der Waals surface area contributed by atoms with Gasteiger partial charge in [-0.1, -0.05) is 48.5 Å². The molecule has 2 aromatic heterocycles. The number of aromatic nitrogens is 4. The van der Waals surface area contributed by atoms with Crippen molar-refractivity contribution >= 4 is 33.3 Å². The van der Waals surface area contributed by atoms with Gasteiger partial charge in [-0.05, 0) is 41.5 Å². The summed E-state index contributed by atoms with van der Waals surface area (Å²) in [5, 5.41) is 21.6. The van der Waals surface area contributed by atoms with Gasteiger partial charge < -0.3 is 19.9 Å². The SMILES string of the molecule is COc1cc2nc(-c3cccc(-c4ccccc4)c3)nc(Nc3ccc4[nH]ncc4c3)c2cc1OCCO. The fourth-order valence-electron chi connectivity index (χ4n) is 4.41. The van der Waals surface area contributed by atoms with E-state index in [0.29, 0.717) is 28.7 Å². The molecule has 4 aromatic carbocycles. The van der Waals surface area contributed by atoms with Gasteiger partial charge >= 0.3 is 0 Å². The summed E-state index contributed by atoms with van der Waals surface area (Å²) < 4.78 is 11.3. The van der Waals surface area contributed by atoms with Crippen molar-refractivity contribution < 1.29 is 14.6 Å². The highest BCUT2D eigenvalue weighted by molar-refractivity contribution is 5.95. The molecule has 0 atom stereocenters. The number of ether oxygens (including phenoxy) is 2. The highest BCUT2D eigenvalue weighted by atomic mass is 16.5. The smallest absolute Gasteiger partial charge is 0.162 e. The molecule has 0 aliphatic carbocycles. The van der Waals surface area contributed by atoms with Crippen LogP contribution < -0.4 is 14.8 Å². The minimum absolute atomic E-state index is 0.107. The van der Waals surface area contributed by atoms with Crippen LogP contribution in [0.4, 0.5) is 11.5 Å². The van der Waals surface area contributed by atoms with Crippen molar-refractivity contribution in [2.24, 2.45) is 0 Å². The third-order valence-corrected chi connectivity index (χ3v) is 6.26. The normalized spacial score (nSPS) is 11.1. The third kappa shape index (κ3) is 4.60. The zero-order chi connectivity index (χ0) is 25.9. The van der Waals surface area contributed by atoms with Crippen LogP contribution in [0.15, 0.2) is 91.1 Å². The standard InChI is InChI=1S/C30H25N5O3/c1-37-27-17-26-24(16-28(27)38-13-12-36)30(32-23-10-11-25-22(15-23)18-31-35-25)34-29(33-26)21-9-5-8-20(14-21)19-6-3-2-4-7-19/h2-11,14-18,36H,12-13H2,1H3,(H,31,35)(H,32,33,34). The molecule has 188 valence electrons. The van der Waals surface area contributed by atoms with Crippen LogP contribution in [0.1, 0.15) is 0 Å². The lowest BCUT2D eigenvalue weighted by Crippen LogP contribution is -2.04. The van der Waals surface area contributed by atoms with E-state index in [-0.39, 0.29) is 13.2 Å². The summed E-state index contributed by atoms with van der Waals surface area (Å²) in [6.45, 7) is 0.0389. The predicted octanol–water partition coefficient (Wildman–Crippen LogP) is 5.96. The molecule has 0 unspecified atom stereocenters. The molecule has 0 aliphatic rings. The quantitative estimate of drug-likeness (QED) is 0.235. The Morgan fingerprint density at radius 3 is 2.53 bits per heavy atom. The van der Waals surface area contributed by atoms with Gasteiger partial charge in [-0.15, -0.1) is 0 Å². The van der Waals surface area contributed by atoms with Gasteiger partial charge in [-0.3, -0.25) is 5.10 Å². The summed E-state index contributed by atoms with van der Waals surface area (Å²) in [5.41, 5.74) is 5.59. The van der Waals surface area contributed by atoms with Crippen LogP contribution in [0.2, 0.25) is 0 Å². The Hall–Kier alpha value is -4.95. The highest BCUT2D eigenvalue weighted by Gasteiger charge is 2.16. The maximum Gasteiger partial charge on any atom is 0.162 e. The number of H-pyrrole nitrogens is 1. The van der Waals surface area contributed by atoms with E-state index < -0.39 is 0 Å². The molecule has 2 heterocycles. The van der Waals surface area contributed by atoms with Crippen LogP contribution in [0, 0.1) is 0 Å². The number of nitrogens with zero attached hydrogens (tertiary/aromatic N) is 3. The van der Waals surface area contributed by atoms with Gasteiger partial charge in [0, 0.05) is 28.1 Å². The monoisotopic (exact) mass is 503 g/mol. The maximum atomic E-state index is 9.28. The zero-order valence-corrected chi connectivity index (χ0v) is 20.7. The summed E-state index contributed by atoms with van der Waals surface area (Å²) in [6, 6.07) is 28.0. The number of aliphatic hydroxyl groups excluding tert-OH is 1. The van der Waals surface area contributed by atoms with Crippen molar-refractivity contribution in [3.05, 3.63) is 91.1 Å². The fourth-order valence-corrected chi connectivity index (χ4v) is 4.41. The molecule has 0 amide bonds. The molecule has 0 radical (unpaired) electrons. The molecular formula is C30H25N5O3. The summed E-state index contributed by atoms with van der Waals surface area (Å²) in [6.07, 6.45) is 1.78. The predicted molar refractivity (Wildman–Crippen MR) is 149 cm³/mol. The molecule has 0 saturated heterocycles. The van der Waals surface area contributed by atoms with Gasteiger partial charge in [0.1, 0.15) is 12.4 Å². The first-order valence-corrected chi connectivity index (χ1v) is 12.2. The topological polar surface area (TPSA) is 105 Å². The van der Waals surface area contributed by atoms with Crippen LogP contribution in [-0.4, -0.2) is 45.6 Å². The molecule has 8 nitrogen and oxygen atoms in total. The Bertz CT molecular complexity index is 1730. The number of aromatic amines is 1. The highest BCUT2D eigenvalue weighted by Crippen LogP contribution is 2.37. The minimum atomic E-state index is -0.107. The van der Waals surface area contributed by atoms with E-state index in [1.807, 2.05) is 60.7 Å². The first kappa shape index (κ1) is 23.4. The molecule has 0 aliphatic heterocycles. The largest absolute Gasteiger partial charge is 0.493 e. The number of nitrogens with one attached hydrogen (secondary N) is 2. The molecule has 38 heavy (non-hydrogen) atoms. The molecule has 0 spiro atoms. The van der Waals surface area contributed by atoms with E-state index in [0.717, 1.165) is 38.7 Å². The molecule has 6 aromatic rings. The van der Waals surface area contributed by atoms with Crippen LogP contribution in [-0.2, 0) is 0 Å². The molecule has 3 N–H and O–H groups in total. The van der Waals surface area contributed by atoms with E-state index in [1.165, 1.54) is 0 Å². The van der Waals surface area contributed by atoms with Crippen LogP contribution in [0.5, 0.6) is 11.5 Å². The summed E-state index contributed by atoms with van der Waals surface area (Å²) in [7, 11) is 1.58. The second-order valence-electron chi connectivity index (χ2n) is 8.73. The van der Waals surface area contributed by atoms with E-state index in [2.05, 4.69) is 39.8 Å². The molecular weight excluding hydrogens is 478 g/mol. The lowest BCUT2D eigenvalue weighted by Gasteiger charge is -2.15. The van der Waals surface area contributed by atoms with Crippen LogP contribution in [0.25, 0.3) is 44.3 Å². The summed E-state index contributed by atoms with van der Waals surface area (Å²) in [4.78, 5) is 9.86. The minimum Gasteiger partial charge on any atom is -0.493 e. The first-order chi connectivity index (χ1) is 18.7. The first-order valence-electron chi connectivity index (χ1n) is 12.2. The second kappa shape index (κ2) is 10.2. The van der Waals surface area contributed by atoms with Gasteiger partial charge in [0.05, 0.1) is 30.9 Å². The van der Waals surface area contributed by atoms with E-state index in [1.54, 1.807) is 13.3 Å². The van der Waals surface area contributed by atoms with Crippen LogP contribution in [0.3, 0.4) is 0 Å². The number of hydrogen-bond donors (Lipinski definition) is 3. The van der Waals surface area contributed by atoms with Gasteiger partial charge in [0.2, 0.25) is 0 Å². The summed E-state index contributed by atoms with van der Waals surface area (Å²) in [5.74, 6) is 2.23. The Morgan fingerprint density at radius 1 is 0.842 bits per heavy atom.